The Morgan fingerprint density at radius 1 is 0.879 bits per heavy atom. The van der Waals surface area contributed by atoms with Crippen molar-refractivity contribution in [3.8, 4) is 0 Å². The van der Waals surface area contributed by atoms with Gasteiger partial charge in [-0.3, -0.25) is 9.69 Å². The van der Waals surface area contributed by atoms with Crippen LogP contribution in [0.5, 0.6) is 0 Å². The normalized spacial score (nSPS) is 18.4. The van der Waals surface area contributed by atoms with Crippen LogP contribution in [-0.2, 0) is 20.8 Å². The van der Waals surface area contributed by atoms with Crippen molar-refractivity contribution in [3.63, 3.8) is 0 Å². The standard InChI is InChI=1S/C25H28N4O3S/c30-25(29-12-16-32-17-13-29)23(19-6-2-1-3-7-19)33-24-20-8-4-5-9-21(20)26-22(27-24)18-28-10-14-31-15-11-28/h1-9,23H,10-18H2/t23-/m0/s1. The van der Waals surface area contributed by atoms with Crippen molar-refractivity contribution in [2.75, 3.05) is 52.6 Å². The molecule has 2 aromatic carbocycles. The van der Waals surface area contributed by atoms with Crippen molar-refractivity contribution in [2.45, 2.75) is 16.8 Å². The van der Waals surface area contributed by atoms with E-state index in [0.717, 1.165) is 53.6 Å². The van der Waals surface area contributed by atoms with Gasteiger partial charge < -0.3 is 14.4 Å². The lowest BCUT2D eigenvalue weighted by Crippen LogP contribution is -2.42. The average Bonchev–Trinajstić information content (AvgIpc) is 2.88. The number of carbonyl (C=O) groups is 1. The highest BCUT2D eigenvalue weighted by Crippen LogP contribution is 2.39. The lowest BCUT2D eigenvalue weighted by molar-refractivity contribution is -0.134. The number of hydrogen-bond acceptors (Lipinski definition) is 7. The quantitative estimate of drug-likeness (QED) is 0.410. The van der Waals surface area contributed by atoms with Gasteiger partial charge in [-0.05, 0) is 11.6 Å². The Balaban J connectivity index is 1.49. The zero-order chi connectivity index (χ0) is 22.5. The number of para-hydroxylation sites is 1. The molecule has 0 radical (unpaired) electrons. The maximum atomic E-state index is 13.6. The summed E-state index contributed by atoms with van der Waals surface area (Å²) in [6.07, 6.45) is 0. The van der Waals surface area contributed by atoms with E-state index in [-0.39, 0.29) is 11.2 Å². The van der Waals surface area contributed by atoms with Gasteiger partial charge in [0.25, 0.3) is 0 Å². The predicted octanol–water partition coefficient (Wildman–Crippen LogP) is 3.15. The van der Waals surface area contributed by atoms with Gasteiger partial charge >= 0.3 is 0 Å². The van der Waals surface area contributed by atoms with Gasteiger partial charge in [-0.2, -0.15) is 0 Å². The molecule has 0 bridgehead atoms. The van der Waals surface area contributed by atoms with Gasteiger partial charge in [-0.1, -0.05) is 60.3 Å². The van der Waals surface area contributed by atoms with Crippen LogP contribution in [-0.4, -0.2) is 78.3 Å². The van der Waals surface area contributed by atoms with E-state index in [2.05, 4.69) is 4.90 Å². The molecule has 2 fully saturated rings. The Bertz CT molecular complexity index is 1090. The van der Waals surface area contributed by atoms with E-state index in [0.29, 0.717) is 32.8 Å². The largest absolute Gasteiger partial charge is 0.379 e. The van der Waals surface area contributed by atoms with Gasteiger partial charge in [0.1, 0.15) is 16.1 Å². The molecule has 2 aliphatic rings. The first-order valence-electron chi connectivity index (χ1n) is 11.4. The van der Waals surface area contributed by atoms with Crippen LogP contribution in [0.1, 0.15) is 16.6 Å². The van der Waals surface area contributed by atoms with Crippen molar-refractivity contribution in [1.29, 1.82) is 0 Å². The van der Waals surface area contributed by atoms with Crippen LogP contribution >= 0.6 is 11.8 Å². The number of nitrogens with zero attached hydrogens (tertiary/aromatic N) is 4. The predicted molar refractivity (Wildman–Crippen MR) is 128 cm³/mol. The second-order valence-corrected chi connectivity index (χ2v) is 9.29. The molecule has 3 aromatic rings. The van der Waals surface area contributed by atoms with E-state index in [9.17, 15) is 4.79 Å². The summed E-state index contributed by atoms with van der Waals surface area (Å²) >= 11 is 1.52. The Morgan fingerprint density at radius 3 is 2.30 bits per heavy atom. The number of ether oxygens (including phenoxy) is 2. The minimum Gasteiger partial charge on any atom is -0.379 e. The zero-order valence-electron chi connectivity index (χ0n) is 18.6. The first-order valence-corrected chi connectivity index (χ1v) is 12.3. The fourth-order valence-corrected chi connectivity index (χ4v) is 5.39. The molecule has 3 heterocycles. The van der Waals surface area contributed by atoms with E-state index in [4.69, 9.17) is 19.4 Å². The number of benzene rings is 2. The summed E-state index contributed by atoms with van der Waals surface area (Å²) < 4.78 is 10.9. The monoisotopic (exact) mass is 464 g/mol. The minimum absolute atomic E-state index is 0.104. The summed E-state index contributed by atoms with van der Waals surface area (Å²) in [7, 11) is 0. The van der Waals surface area contributed by atoms with E-state index in [1.165, 1.54) is 11.8 Å². The third-order valence-electron chi connectivity index (χ3n) is 5.96. The first kappa shape index (κ1) is 22.3. The number of thioether (sulfide) groups is 1. The summed E-state index contributed by atoms with van der Waals surface area (Å²) in [6.45, 7) is 6.30. The van der Waals surface area contributed by atoms with Crippen LogP contribution in [0.25, 0.3) is 10.9 Å². The van der Waals surface area contributed by atoms with Gasteiger partial charge in [0.2, 0.25) is 5.91 Å². The highest BCUT2D eigenvalue weighted by molar-refractivity contribution is 8.00. The lowest BCUT2D eigenvalue weighted by atomic mass is 10.1. The Morgan fingerprint density at radius 2 is 1.55 bits per heavy atom. The third-order valence-corrected chi connectivity index (χ3v) is 7.21. The Hall–Kier alpha value is -2.52. The number of hydrogen-bond donors (Lipinski definition) is 0. The van der Waals surface area contributed by atoms with Crippen LogP contribution in [0, 0.1) is 0 Å². The number of fused-ring (bicyclic) bond motifs is 1. The molecule has 0 aliphatic carbocycles. The number of aromatic nitrogens is 2. The topological polar surface area (TPSA) is 67.8 Å². The van der Waals surface area contributed by atoms with Gasteiger partial charge in [0.15, 0.2) is 0 Å². The average molecular weight is 465 g/mol. The molecule has 0 N–H and O–H groups in total. The number of amides is 1. The van der Waals surface area contributed by atoms with Gasteiger partial charge in [0.05, 0.1) is 38.5 Å². The first-order chi connectivity index (χ1) is 16.3. The summed E-state index contributed by atoms with van der Waals surface area (Å²) in [5.74, 6) is 0.885. The summed E-state index contributed by atoms with van der Waals surface area (Å²) in [4.78, 5) is 27.6. The Kier molecular flexibility index (Phi) is 7.16. The molecule has 0 saturated carbocycles. The van der Waals surface area contributed by atoms with Gasteiger partial charge in [0, 0.05) is 31.6 Å². The van der Waals surface area contributed by atoms with E-state index in [1.807, 2.05) is 59.5 Å². The minimum atomic E-state index is -0.376. The molecule has 1 atom stereocenters. The van der Waals surface area contributed by atoms with Crippen LogP contribution in [0.2, 0.25) is 0 Å². The maximum absolute atomic E-state index is 13.6. The van der Waals surface area contributed by atoms with Gasteiger partial charge in [-0.25, -0.2) is 9.97 Å². The van der Waals surface area contributed by atoms with Crippen LogP contribution in [0.3, 0.4) is 0 Å². The second-order valence-electron chi connectivity index (χ2n) is 8.20. The molecular formula is C25H28N4O3S. The molecule has 5 rings (SSSR count). The molecular weight excluding hydrogens is 436 g/mol. The molecule has 7 nitrogen and oxygen atoms in total. The van der Waals surface area contributed by atoms with Crippen molar-refractivity contribution in [3.05, 3.63) is 66.0 Å². The zero-order valence-corrected chi connectivity index (χ0v) is 19.4. The molecule has 2 saturated heterocycles. The molecule has 0 spiro atoms. The van der Waals surface area contributed by atoms with E-state index in [1.54, 1.807) is 0 Å². The van der Waals surface area contributed by atoms with E-state index < -0.39 is 0 Å². The molecule has 172 valence electrons. The SMILES string of the molecule is O=C([C@@H](Sc1nc(CN2CCOCC2)nc2ccccc12)c1ccccc1)N1CCOCC1. The van der Waals surface area contributed by atoms with Crippen LogP contribution in [0.15, 0.2) is 59.6 Å². The third kappa shape index (κ3) is 5.35. The summed E-state index contributed by atoms with van der Waals surface area (Å²) in [5.41, 5.74) is 1.89. The Labute approximate surface area is 198 Å². The van der Waals surface area contributed by atoms with Gasteiger partial charge in [-0.15, -0.1) is 0 Å². The number of carbonyl (C=O) groups excluding carboxylic acids is 1. The van der Waals surface area contributed by atoms with Crippen molar-refractivity contribution in [1.82, 2.24) is 19.8 Å². The summed E-state index contributed by atoms with van der Waals surface area (Å²) in [5, 5.41) is 1.45. The molecule has 2 aliphatic heterocycles. The highest BCUT2D eigenvalue weighted by Gasteiger charge is 2.29. The molecule has 8 heteroatoms. The molecule has 33 heavy (non-hydrogen) atoms. The summed E-state index contributed by atoms with van der Waals surface area (Å²) in [6, 6.07) is 18.0. The van der Waals surface area contributed by atoms with Crippen molar-refractivity contribution >= 4 is 28.6 Å². The maximum Gasteiger partial charge on any atom is 0.240 e. The number of rotatable bonds is 6. The second kappa shape index (κ2) is 10.6. The van der Waals surface area contributed by atoms with Crippen molar-refractivity contribution < 1.29 is 14.3 Å². The number of morpholine rings is 2. The highest BCUT2D eigenvalue weighted by atomic mass is 32.2. The fourth-order valence-electron chi connectivity index (χ4n) is 4.16. The van der Waals surface area contributed by atoms with E-state index >= 15 is 0 Å². The smallest absolute Gasteiger partial charge is 0.240 e. The van der Waals surface area contributed by atoms with Crippen LogP contribution < -0.4 is 0 Å². The molecule has 1 aromatic heterocycles. The fraction of sp³-hybridized carbons (Fsp3) is 0.400. The lowest BCUT2D eigenvalue weighted by Gasteiger charge is -2.30. The molecule has 0 unspecified atom stereocenters. The van der Waals surface area contributed by atoms with Crippen molar-refractivity contribution in [2.24, 2.45) is 0 Å². The van der Waals surface area contributed by atoms with Crippen LogP contribution in [0.4, 0.5) is 0 Å². The molecule has 1 amide bonds.